The number of halogens is 2. The maximum atomic E-state index is 12.2. The second kappa shape index (κ2) is 5.72. The first-order valence-corrected chi connectivity index (χ1v) is 8.63. The Labute approximate surface area is 132 Å². The van der Waals surface area contributed by atoms with Crippen molar-refractivity contribution >= 4 is 60.5 Å². The molecule has 106 valence electrons. The van der Waals surface area contributed by atoms with Gasteiger partial charge in [0.05, 0.1) is 10.7 Å². The zero-order valence-electron chi connectivity index (χ0n) is 9.63. The molecule has 9 heteroatoms. The highest BCUT2D eigenvalue weighted by Gasteiger charge is 2.24. The molecule has 0 bridgehead atoms. The molecule has 2 aromatic rings. The van der Waals surface area contributed by atoms with Gasteiger partial charge in [0, 0.05) is 4.47 Å². The van der Waals surface area contributed by atoms with Crippen molar-refractivity contribution in [1.29, 1.82) is 0 Å². The van der Waals surface area contributed by atoms with Gasteiger partial charge in [0.25, 0.3) is 10.0 Å². The Balaban J connectivity index is 2.41. The van der Waals surface area contributed by atoms with E-state index in [4.69, 9.17) is 16.7 Å². The van der Waals surface area contributed by atoms with Gasteiger partial charge < -0.3 is 5.11 Å². The van der Waals surface area contributed by atoms with E-state index in [1.165, 1.54) is 23.6 Å². The van der Waals surface area contributed by atoms with Crippen molar-refractivity contribution in [2.45, 2.75) is 4.90 Å². The minimum Gasteiger partial charge on any atom is -0.477 e. The predicted molar refractivity (Wildman–Crippen MR) is 81.2 cm³/mol. The van der Waals surface area contributed by atoms with Gasteiger partial charge in [-0.25, -0.2) is 13.2 Å². The molecular weight excluding hydrogens is 390 g/mol. The molecule has 0 fully saturated rings. The SMILES string of the molecule is O=C(O)c1sccc1S(=O)(=O)Nc1ccc(Br)cc1Cl. The van der Waals surface area contributed by atoms with Crippen molar-refractivity contribution in [1.82, 2.24) is 0 Å². The number of aromatic carboxylic acids is 1. The van der Waals surface area contributed by atoms with Gasteiger partial charge in [-0.3, -0.25) is 4.72 Å². The average molecular weight is 397 g/mol. The van der Waals surface area contributed by atoms with Gasteiger partial charge in [-0.1, -0.05) is 27.5 Å². The molecular formula is C11H7BrClNO4S2. The standard InChI is InChI=1S/C11H7BrClNO4S2/c12-6-1-2-8(7(13)5-6)14-20(17,18)9-3-4-19-10(9)11(15)16/h1-5,14H,(H,15,16). The maximum Gasteiger partial charge on any atom is 0.347 e. The highest BCUT2D eigenvalue weighted by atomic mass is 79.9. The number of anilines is 1. The number of carboxylic acids is 1. The quantitative estimate of drug-likeness (QED) is 0.826. The summed E-state index contributed by atoms with van der Waals surface area (Å²) in [7, 11) is -4.00. The Morgan fingerprint density at radius 2 is 2.05 bits per heavy atom. The van der Waals surface area contributed by atoms with Gasteiger partial charge in [0.2, 0.25) is 0 Å². The molecule has 2 N–H and O–H groups in total. The molecule has 0 amide bonds. The summed E-state index contributed by atoms with van der Waals surface area (Å²) < 4.78 is 27.3. The summed E-state index contributed by atoms with van der Waals surface area (Å²) >= 11 is 9.98. The van der Waals surface area contributed by atoms with E-state index in [0.717, 1.165) is 11.3 Å². The summed E-state index contributed by atoms with van der Waals surface area (Å²) in [6.45, 7) is 0. The molecule has 5 nitrogen and oxygen atoms in total. The number of carbonyl (C=O) groups is 1. The minimum atomic E-state index is -4.00. The van der Waals surface area contributed by atoms with Crippen LogP contribution in [0.4, 0.5) is 5.69 Å². The maximum absolute atomic E-state index is 12.2. The zero-order chi connectivity index (χ0) is 14.9. The first kappa shape index (κ1) is 15.3. The molecule has 0 saturated heterocycles. The lowest BCUT2D eigenvalue weighted by atomic mass is 10.3. The lowest BCUT2D eigenvalue weighted by Gasteiger charge is -2.09. The lowest BCUT2D eigenvalue weighted by Crippen LogP contribution is -2.15. The van der Waals surface area contributed by atoms with Crippen molar-refractivity contribution < 1.29 is 18.3 Å². The molecule has 0 aliphatic heterocycles. The average Bonchev–Trinajstić information content (AvgIpc) is 2.82. The monoisotopic (exact) mass is 395 g/mol. The molecule has 0 aliphatic rings. The number of thiophene rings is 1. The largest absolute Gasteiger partial charge is 0.477 e. The summed E-state index contributed by atoms with van der Waals surface area (Å²) in [5.74, 6) is -1.29. The second-order valence-corrected chi connectivity index (χ2v) is 7.54. The molecule has 0 aliphatic carbocycles. The fourth-order valence-electron chi connectivity index (χ4n) is 1.44. The Hall–Kier alpha value is -1.09. The fraction of sp³-hybridized carbons (Fsp3) is 0. The zero-order valence-corrected chi connectivity index (χ0v) is 13.6. The summed E-state index contributed by atoms with van der Waals surface area (Å²) in [5, 5.41) is 10.6. The molecule has 1 aromatic heterocycles. The fourth-order valence-corrected chi connectivity index (χ4v) is 4.55. The van der Waals surface area contributed by atoms with Crippen LogP contribution in [0.1, 0.15) is 9.67 Å². The van der Waals surface area contributed by atoms with Gasteiger partial charge in [0.15, 0.2) is 0 Å². The van der Waals surface area contributed by atoms with Gasteiger partial charge in [-0.05, 0) is 29.6 Å². The molecule has 0 saturated carbocycles. The van der Waals surface area contributed by atoms with E-state index < -0.39 is 16.0 Å². The van der Waals surface area contributed by atoms with Crippen LogP contribution in [-0.4, -0.2) is 19.5 Å². The topological polar surface area (TPSA) is 83.5 Å². The van der Waals surface area contributed by atoms with Crippen molar-refractivity contribution in [2.75, 3.05) is 4.72 Å². The van der Waals surface area contributed by atoms with Crippen molar-refractivity contribution in [3.63, 3.8) is 0 Å². The van der Waals surface area contributed by atoms with Crippen molar-refractivity contribution in [2.24, 2.45) is 0 Å². The number of hydrogen-bond acceptors (Lipinski definition) is 4. The molecule has 0 spiro atoms. The van der Waals surface area contributed by atoms with E-state index in [-0.39, 0.29) is 20.5 Å². The number of benzene rings is 1. The van der Waals surface area contributed by atoms with Crippen molar-refractivity contribution in [3.8, 4) is 0 Å². The summed E-state index contributed by atoms with van der Waals surface area (Å²) in [5.41, 5.74) is 0.178. The third kappa shape index (κ3) is 3.14. The Morgan fingerprint density at radius 3 is 2.65 bits per heavy atom. The smallest absolute Gasteiger partial charge is 0.347 e. The van der Waals surface area contributed by atoms with Gasteiger partial charge >= 0.3 is 5.97 Å². The van der Waals surface area contributed by atoms with Crippen LogP contribution in [-0.2, 0) is 10.0 Å². The highest BCUT2D eigenvalue weighted by Crippen LogP contribution is 2.29. The number of rotatable bonds is 4. The van der Waals surface area contributed by atoms with Crippen LogP contribution in [0.3, 0.4) is 0 Å². The van der Waals surface area contributed by atoms with E-state index in [1.807, 2.05) is 0 Å². The minimum absolute atomic E-state index is 0.178. The van der Waals surface area contributed by atoms with Crippen LogP contribution >= 0.6 is 38.9 Å². The number of hydrogen-bond donors (Lipinski definition) is 2. The highest BCUT2D eigenvalue weighted by molar-refractivity contribution is 9.10. The molecule has 1 aromatic carbocycles. The lowest BCUT2D eigenvalue weighted by molar-refractivity contribution is 0.0698. The Bertz CT molecular complexity index is 772. The summed E-state index contributed by atoms with van der Waals surface area (Å²) in [6, 6.07) is 5.88. The van der Waals surface area contributed by atoms with Crippen LogP contribution in [0.5, 0.6) is 0 Å². The molecule has 1 heterocycles. The van der Waals surface area contributed by atoms with Crippen LogP contribution in [0.15, 0.2) is 39.0 Å². The van der Waals surface area contributed by atoms with E-state index in [9.17, 15) is 13.2 Å². The molecule has 0 unspecified atom stereocenters. The van der Waals surface area contributed by atoms with Crippen LogP contribution in [0.25, 0.3) is 0 Å². The number of sulfonamides is 1. The normalized spacial score (nSPS) is 11.3. The first-order chi connectivity index (χ1) is 9.31. The van der Waals surface area contributed by atoms with Gasteiger partial charge in [-0.2, -0.15) is 0 Å². The van der Waals surface area contributed by atoms with Crippen LogP contribution in [0.2, 0.25) is 5.02 Å². The number of carboxylic acid groups (broad SMARTS) is 1. The van der Waals surface area contributed by atoms with Gasteiger partial charge in [0.1, 0.15) is 9.77 Å². The predicted octanol–water partition coefficient (Wildman–Crippen LogP) is 3.66. The second-order valence-electron chi connectivity index (χ2n) is 3.65. The van der Waals surface area contributed by atoms with E-state index in [0.29, 0.717) is 4.47 Å². The molecule has 2 rings (SSSR count). The van der Waals surface area contributed by atoms with E-state index in [1.54, 1.807) is 6.07 Å². The van der Waals surface area contributed by atoms with Crippen LogP contribution in [0, 0.1) is 0 Å². The first-order valence-electron chi connectivity index (χ1n) is 5.10. The van der Waals surface area contributed by atoms with Gasteiger partial charge in [-0.15, -0.1) is 11.3 Å². The molecule has 20 heavy (non-hydrogen) atoms. The third-order valence-corrected chi connectivity index (χ3v) is 5.53. The Morgan fingerprint density at radius 1 is 1.35 bits per heavy atom. The molecule has 0 atom stereocenters. The summed E-state index contributed by atoms with van der Waals surface area (Å²) in [4.78, 5) is 10.5. The van der Waals surface area contributed by atoms with E-state index >= 15 is 0 Å². The summed E-state index contributed by atoms with van der Waals surface area (Å²) in [6.07, 6.45) is 0. The van der Waals surface area contributed by atoms with Crippen molar-refractivity contribution in [3.05, 3.63) is 44.0 Å². The molecule has 0 radical (unpaired) electrons. The third-order valence-electron chi connectivity index (χ3n) is 2.29. The Kier molecular flexibility index (Phi) is 4.38. The van der Waals surface area contributed by atoms with Crippen LogP contribution < -0.4 is 4.72 Å². The van der Waals surface area contributed by atoms with E-state index in [2.05, 4.69) is 20.7 Å². The number of nitrogens with one attached hydrogen (secondary N) is 1.